The molecule has 0 aliphatic carbocycles. The number of methoxy groups -OCH3 is 2. The lowest BCUT2D eigenvalue weighted by Crippen LogP contribution is -2.26. The number of amides is 1. The number of carbonyl (C=O) groups excluding carboxylic acids is 1. The third-order valence-corrected chi connectivity index (χ3v) is 5.76. The van der Waals surface area contributed by atoms with Gasteiger partial charge in [0.15, 0.2) is 11.5 Å². The van der Waals surface area contributed by atoms with Crippen LogP contribution in [-0.4, -0.2) is 25.1 Å². The quantitative estimate of drug-likeness (QED) is 0.641. The van der Waals surface area contributed by atoms with E-state index in [2.05, 4.69) is 10.3 Å². The Kier molecular flexibility index (Phi) is 5.99. The molecule has 0 fully saturated rings. The zero-order valence-electron chi connectivity index (χ0n) is 16.7. The highest BCUT2D eigenvalue weighted by Crippen LogP contribution is 2.35. The van der Waals surface area contributed by atoms with Crippen LogP contribution in [0.5, 0.6) is 11.5 Å². The van der Waals surface area contributed by atoms with Gasteiger partial charge in [0.25, 0.3) is 5.91 Å². The molecular weight excluding hydrogens is 372 g/mol. The Morgan fingerprint density at radius 2 is 1.71 bits per heavy atom. The Labute approximate surface area is 169 Å². The number of nitrogens with zero attached hydrogens (tertiary/aromatic N) is 1. The zero-order valence-corrected chi connectivity index (χ0v) is 17.5. The van der Waals surface area contributed by atoms with Gasteiger partial charge in [-0.05, 0) is 44.5 Å². The molecule has 0 aliphatic rings. The van der Waals surface area contributed by atoms with Crippen molar-refractivity contribution in [3.05, 3.63) is 64.2 Å². The summed E-state index contributed by atoms with van der Waals surface area (Å²) in [7, 11) is 3.20. The SMILES string of the molecule is COc1ccc(-c2nc(C)c(C(=O)NC(C)c3ccc(C)cc3)s2)cc1OC. The number of aromatic nitrogens is 1. The minimum absolute atomic E-state index is 0.0841. The number of thiazole rings is 1. The molecule has 1 aromatic heterocycles. The highest BCUT2D eigenvalue weighted by Gasteiger charge is 2.19. The lowest BCUT2D eigenvalue weighted by Gasteiger charge is -2.14. The molecule has 0 saturated heterocycles. The summed E-state index contributed by atoms with van der Waals surface area (Å²) in [6, 6.07) is 13.7. The Bertz CT molecular complexity index is 980. The Morgan fingerprint density at radius 3 is 2.36 bits per heavy atom. The molecule has 28 heavy (non-hydrogen) atoms. The zero-order chi connectivity index (χ0) is 20.3. The van der Waals surface area contributed by atoms with Crippen LogP contribution in [0.15, 0.2) is 42.5 Å². The van der Waals surface area contributed by atoms with Crippen LogP contribution in [0.1, 0.15) is 39.5 Å². The summed E-state index contributed by atoms with van der Waals surface area (Å²) in [6.45, 7) is 5.88. The molecule has 146 valence electrons. The summed E-state index contributed by atoms with van der Waals surface area (Å²) in [5.41, 5.74) is 3.86. The number of hydrogen-bond donors (Lipinski definition) is 1. The molecule has 3 rings (SSSR count). The van der Waals surface area contributed by atoms with Crippen molar-refractivity contribution in [1.29, 1.82) is 0 Å². The molecule has 0 saturated carbocycles. The molecule has 0 bridgehead atoms. The van der Waals surface area contributed by atoms with E-state index in [9.17, 15) is 4.79 Å². The summed E-state index contributed by atoms with van der Waals surface area (Å²) < 4.78 is 10.6. The molecule has 1 heterocycles. The van der Waals surface area contributed by atoms with Crippen LogP contribution in [-0.2, 0) is 0 Å². The molecular formula is C22H24N2O3S. The molecule has 5 nitrogen and oxygen atoms in total. The van der Waals surface area contributed by atoms with E-state index in [4.69, 9.17) is 9.47 Å². The third kappa shape index (κ3) is 4.17. The Hall–Kier alpha value is -2.86. The van der Waals surface area contributed by atoms with Crippen molar-refractivity contribution >= 4 is 17.2 Å². The minimum atomic E-state index is -0.116. The summed E-state index contributed by atoms with van der Waals surface area (Å²) in [5, 5.41) is 3.84. The summed E-state index contributed by atoms with van der Waals surface area (Å²) in [4.78, 5) is 18.0. The first-order chi connectivity index (χ1) is 13.4. The molecule has 0 spiro atoms. The standard InChI is InChI=1S/C22H24N2O3S/c1-13-6-8-16(9-7-13)14(2)23-21(25)20-15(3)24-22(28-20)17-10-11-18(26-4)19(12-17)27-5/h6-12,14H,1-5H3,(H,23,25). The summed E-state index contributed by atoms with van der Waals surface area (Å²) >= 11 is 1.37. The fourth-order valence-electron chi connectivity index (χ4n) is 2.90. The van der Waals surface area contributed by atoms with Crippen LogP contribution in [0, 0.1) is 13.8 Å². The van der Waals surface area contributed by atoms with Crippen molar-refractivity contribution < 1.29 is 14.3 Å². The van der Waals surface area contributed by atoms with Gasteiger partial charge >= 0.3 is 0 Å². The molecule has 6 heteroatoms. The lowest BCUT2D eigenvalue weighted by molar-refractivity contribution is 0.0943. The van der Waals surface area contributed by atoms with Gasteiger partial charge in [0, 0.05) is 5.56 Å². The largest absolute Gasteiger partial charge is 0.493 e. The first-order valence-electron chi connectivity index (χ1n) is 9.00. The van der Waals surface area contributed by atoms with Crippen molar-refractivity contribution in [3.8, 4) is 22.1 Å². The second kappa shape index (κ2) is 8.44. The van der Waals surface area contributed by atoms with Crippen LogP contribution < -0.4 is 14.8 Å². The Balaban J connectivity index is 1.81. The fraction of sp³-hybridized carbons (Fsp3) is 0.273. The van der Waals surface area contributed by atoms with Crippen molar-refractivity contribution in [2.45, 2.75) is 26.8 Å². The maximum Gasteiger partial charge on any atom is 0.263 e. The number of ether oxygens (including phenoxy) is 2. The van der Waals surface area contributed by atoms with Crippen LogP contribution in [0.3, 0.4) is 0 Å². The number of carbonyl (C=O) groups is 1. The molecule has 1 atom stereocenters. The monoisotopic (exact) mass is 396 g/mol. The van der Waals surface area contributed by atoms with Crippen molar-refractivity contribution in [2.24, 2.45) is 0 Å². The van der Waals surface area contributed by atoms with Crippen molar-refractivity contribution in [2.75, 3.05) is 14.2 Å². The van der Waals surface area contributed by atoms with E-state index in [1.54, 1.807) is 14.2 Å². The second-order valence-corrected chi connectivity index (χ2v) is 7.61. The van der Waals surface area contributed by atoms with Gasteiger partial charge in [0.05, 0.1) is 26.0 Å². The molecule has 0 radical (unpaired) electrons. The predicted molar refractivity (Wildman–Crippen MR) is 112 cm³/mol. The van der Waals surface area contributed by atoms with E-state index in [0.29, 0.717) is 22.1 Å². The van der Waals surface area contributed by atoms with E-state index in [1.165, 1.54) is 16.9 Å². The van der Waals surface area contributed by atoms with Gasteiger partial charge in [-0.1, -0.05) is 29.8 Å². The Morgan fingerprint density at radius 1 is 1.04 bits per heavy atom. The van der Waals surface area contributed by atoms with E-state index in [0.717, 1.165) is 16.1 Å². The average molecular weight is 397 g/mol. The average Bonchev–Trinajstić information content (AvgIpc) is 3.09. The molecule has 0 aliphatic heterocycles. The van der Waals surface area contributed by atoms with E-state index < -0.39 is 0 Å². The molecule has 2 aromatic carbocycles. The smallest absolute Gasteiger partial charge is 0.263 e. The maximum absolute atomic E-state index is 12.8. The topological polar surface area (TPSA) is 60.5 Å². The van der Waals surface area contributed by atoms with Crippen LogP contribution >= 0.6 is 11.3 Å². The molecule has 1 amide bonds. The van der Waals surface area contributed by atoms with Gasteiger partial charge < -0.3 is 14.8 Å². The highest BCUT2D eigenvalue weighted by molar-refractivity contribution is 7.17. The summed E-state index contributed by atoms with van der Waals surface area (Å²) in [6.07, 6.45) is 0. The van der Waals surface area contributed by atoms with Gasteiger partial charge in [0.1, 0.15) is 9.88 Å². The maximum atomic E-state index is 12.8. The van der Waals surface area contributed by atoms with Gasteiger partial charge in [-0.3, -0.25) is 4.79 Å². The lowest BCUT2D eigenvalue weighted by atomic mass is 10.1. The fourth-order valence-corrected chi connectivity index (χ4v) is 3.87. The molecule has 1 unspecified atom stereocenters. The number of hydrogen-bond acceptors (Lipinski definition) is 5. The minimum Gasteiger partial charge on any atom is -0.493 e. The van der Waals surface area contributed by atoms with Gasteiger partial charge in [-0.2, -0.15) is 0 Å². The number of aryl methyl sites for hydroxylation is 2. The highest BCUT2D eigenvalue weighted by atomic mass is 32.1. The normalized spacial score (nSPS) is 11.8. The first-order valence-corrected chi connectivity index (χ1v) is 9.81. The van der Waals surface area contributed by atoms with Crippen molar-refractivity contribution in [1.82, 2.24) is 10.3 Å². The van der Waals surface area contributed by atoms with E-state index in [-0.39, 0.29) is 11.9 Å². The number of benzene rings is 2. The van der Waals surface area contributed by atoms with Gasteiger partial charge in [-0.15, -0.1) is 11.3 Å². The third-order valence-electron chi connectivity index (χ3n) is 4.56. The second-order valence-electron chi connectivity index (χ2n) is 6.61. The predicted octanol–water partition coefficient (Wildman–Crippen LogP) is 4.94. The van der Waals surface area contributed by atoms with Gasteiger partial charge in [-0.25, -0.2) is 4.98 Å². The summed E-state index contributed by atoms with van der Waals surface area (Å²) in [5.74, 6) is 1.17. The van der Waals surface area contributed by atoms with Crippen LogP contribution in [0.25, 0.3) is 10.6 Å². The van der Waals surface area contributed by atoms with Crippen LogP contribution in [0.2, 0.25) is 0 Å². The van der Waals surface area contributed by atoms with Crippen molar-refractivity contribution in [3.63, 3.8) is 0 Å². The van der Waals surface area contributed by atoms with E-state index in [1.807, 2.05) is 63.2 Å². The van der Waals surface area contributed by atoms with Gasteiger partial charge in [0.2, 0.25) is 0 Å². The number of rotatable bonds is 6. The molecule has 3 aromatic rings. The number of nitrogens with one attached hydrogen (secondary N) is 1. The van der Waals surface area contributed by atoms with E-state index >= 15 is 0 Å². The van der Waals surface area contributed by atoms with Crippen LogP contribution in [0.4, 0.5) is 0 Å². The first kappa shape index (κ1) is 19.9. The molecule has 1 N–H and O–H groups in total.